The smallest absolute Gasteiger partial charge is 0.138 e. The van der Waals surface area contributed by atoms with E-state index in [0.29, 0.717) is 16.4 Å². The fraction of sp³-hybridized carbons (Fsp3) is 0.316. The molecule has 0 saturated carbocycles. The lowest BCUT2D eigenvalue weighted by Crippen LogP contribution is -2.44. The lowest BCUT2D eigenvalue weighted by atomic mass is 9.92. The number of rotatable bonds is 3. The molecule has 136 valence electrons. The Hall–Kier alpha value is -1.96. The molecule has 1 aliphatic rings. The van der Waals surface area contributed by atoms with Crippen molar-refractivity contribution in [1.29, 1.82) is 0 Å². The lowest BCUT2D eigenvalue weighted by Gasteiger charge is -2.36. The van der Waals surface area contributed by atoms with Gasteiger partial charge in [0.05, 0.1) is 29.8 Å². The summed E-state index contributed by atoms with van der Waals surface area (Å²) in [7, 11) is 0. The van der Waals surface area contributed by atoms with Crippen LogP contribution in [-0.4, -0.2) is 50.2 Å². The molecule has 4 N–H and O–H groups in total. The van der Waals surface area contributed by atoms with Crippen molar-refractivity contribution in [2.45, 2.75) is 30.8 Å². The van der Waals surface area contributed by atoms with Crippen LogP contribution in [0.2, 0.25) is 5.02 Å². The van der Waals surface area contributed by atoms with E-state index in [0.717, 1.165) is 16.6 Å². The number of nitrogens with one attached hydrogen (secondary N) is 1. The molecule has 0 aliphatic carbocycles. The van der Waals surface area contributed by atoms with Gasteiger partial charge < -0.3 is 25.0 Å². The number of imidazole rings is 1. The number of benzene rings is 2. The Bertz CT molecular complexity index is 929. The van der Waals surface area contributed by atoms with Crippen molar-refractivity contribution < 1.29 is 20.1 Å². The van der Waals surface area contributed by atoms with E-state index in [-0.39, 0.29) is 13.0 Å². The summed E-state index contributed by atoms with van der Waals surface area (Å²) in [6.07, 6.45) is -3.01. The summed E-state index contributed by atoms with van der Waals surface area (Å²) < 4.78 is 5.76. The van der Waals surface area contributed by atoms with E-state index in [4.69, 9.17) is 16.3 Å². The van der Waals surface area contributed by atoms with Crippen molar-refractivity contribution in [2.24, 2.45) is 0 Å². The summed E-state index contributed by atoms with van der Waals surface area (Å²) in [6, 6.07) is 12.9. The van der Waals surface area contributed by atoms with Gasteiger partial charge in [0.1, 0.15) is 18.0 Å². The monoisotopic (exact) mass is 374 g/mol. The van der Waals surface area contributed by atoms with Gasteiger partial charge in [0.2, 0.25) is 0 Å². The average molecular weight is 375 g/mol. The molecule has 1 aromatic heterocycles. The van der Waals surface area contributed by atoms with E-state index in [1.54, 1.807) is 6.07 Å². The number of halogens is 1. The molecular formula is C19H19ClN2O4. The molecule has 26 heavy (non-hydrogen) atoms. The fourth-order valence-electron chi connectivity index (χ4n) is 3.33. The minimum atomic E-state index is -1.05. The van der Waals surface area contributed by atoms with Crippen LogP contribution < -0.4 is 0 Å². The third kappa shape index (κ3) is 3.22. The molecule has 6 nitrogen and oxygen atoms in total. The van der Waals surface area contributed by atoms with Crippen molar-refractivity contribution in [3.05, 3.63) is 53.1 Å². The van der Waals surface area contributed by atoms with Crippen molar-refractivity contribution in [3.63, 3.8) is 0 Å². The first kappa shape index (κ1) is 17.5. The second-order valence-corrected chi connectivity index (χ2v) is 6.96. The van der Waals surface area contributed by atoms with Crippen molar-refractivity contribution in [1.82, 2.24) is 9.97 Å². The number of aromatic amines is 1. The minimum Gasteiger partial charge on any atom is -0.394 e. The maximum Gasteiger partial charge on any atom is 0.138 e. The number of aliphatic hydroxyl groups excluding tert-OH is 3. The van der Waals surface area contributed by atoms with Gasteiger partial charge in [-0.25, -0.2) is 4.98 Å². The minimum absolute atomic E-state index is 0.204. The van der Waals surface area contributed by atoms with E-state index >= 15 is 0 Å². The van der Waals surface area contributed by atoms with Crippen LogP contribution in [0, 0.1) is 0 Å². The summed E-state index contributed by atoms with van der Waals surface area (Å²) >= 11 is 6.02. The van der Waals surface area contributed by atoms with Gasteiger partial charge in [-0.3, -0.25) is 0 Å². The molecule has 0 bridgehead atoms. The van der Waals surface area contributed by atoms with Crippen LogP contribution in [0.3, 0.4) is 0 Å². The first-order valence-corrected chi connectivity index (χ1v) is 8.81. The van der Waals surface area contributed by atoms with Crippen LogP contribution in [0.4, 0.5) is 0 Å². The largest absolute Gasteiger partial charge is 0.394 e. The summed E-state index contributed by atoms with van der Waals surface area (Å²) in [5.41, 5.74) is 3.18. The van der Waals surface area contributed by atoms with E-state index in [1.807, 2.05) is 36.4 Å². The van der Waals surface area contributed by atoms with Gasteiger partial charge in [-0.15, -0.1) is 0 Å². The Labute approximate surface area is 155 Å². The molecule has 2 aromatic carbocycles. The number of fused-ring (bicyclic) bond motifs is 1. The molecule has 1 aliphatic heterocycles. The summed E-state index contributed by atoms with van der Waals surface area (Å²) in [5.74, 6) is 0.675. The highest BCUT2D eigenvalue weighted by Gasteiger charge is 2.37. The predicted octanol–water partition coefficient (Wildman–Crippen LogP) is 2.43. The SMILES string of the molecule is OCC1CC(O)C(O)C(c2cccc(-c3nc4ccc(Cl)cc4[nH]3)c2)O1. The number of H-pyrrole nitrogens is 1. The first-order valence-electron chi connectivity index (χ1n) is 8.43. The maximum atomic E-state index is 10.3. The summed E-state index contributed by atoms with van der Waals surface area (Å²) in [5, 5.41) is 30.3. The molecule has 4 rings (SSSR count). The van der Waals surface area contributed by atoms with Gasteiger partial charge in [-0.1, -0.05) is 29.8 Å². The van der Waals surface area contributed by atoms with Crippen LogP contribution >= 0.6 is 11.6 Å². The van der Waals surface area contributed by atoms with Gasteiger partial charge >= 0.3 is 0 Å². The highest BCUT2D eigenvalue weighted by molar-refractivity contribution is 6.31. The third-order valence-corrected chi connectivity index (χ3v) is 4.92. The topological polar surface area (TPSA) is 98.6 Å². The Balaban J connectivity index is 1.69. The standard InChI is InChI=1S/C19H19ClN2O4/c20-12-4-5-14-15(7-12)22-19(21-14)11-3-1-2-10(6-11)18-17(25)16(24)8-13(9-23)26-18/h1-7,13,16-18,23-25H,8-9H2,(H,21,22). The van der Waals surface area contributed by atoms with E-state index in [2.05, 4.69) is 9.97 Å². The van der Waals surface area contributed by atoms with Gasteiger partial charge in [0.15, 0.2) is 0 Å². The number of aromatic nitrogens is 2. The summed E-state index contributed by atoms with van der Waals surface area (Å²) in [6.45, 7) is -0.204. The van der Waals surface area contributed by atoms with Gasteiger partial charge in [-0.2, -0.15) is 0 Å². The second kappa shape index (κ2) is 6.98. The van der Waals surface area contributed by atoms with Gasteiger partial charge in [-0.05, 0) is 29.8 Å². The number of aliphatic hydroxyl groups is 3. The maximum absolute atomic E-state index is 10.3. The molecule has 4 atom stereocenters. The average Bonchev–Trinajstić information content (AvgIpc) is 3.07. The number of ether oxygens (including phenoxy) is 1. The zero-order chi connectivity index (χ0) is 18.3. The molecule has 1 fully saturated rings. The van der Waals surface area contributed by atoms with E-state index in [1.165, 1.54) is 0 Å². The number of hydrogen-bond donors (Lipinski definition) is 4. The molecule has 4 unspecified atom stereocenters. The molecule has 7 heteroatoms. The highest BCUT2D eigenvalue weighted by atomic mass is 35.5. The molecule has 1 saturated heterocycles. The number of hydrogen-bond acceptors (Lipinski definition) is 5. The lowest BCUT2D eigenvalue weighted by molar-refractivity contribution is -0.179. The first-order chi connectivity index (χ1) is 12.5. The molecule has 0 radical (unpaired) electrons. The van der Waals surface area contributed by atoms with Crippen LogP contribution in [0.25, 0.3) is 22.4 Å². The Morgan fingerprint density at radius 1 is 1.19 bits per heavy atom. The molecule has 3 aromatic rings. The molecule has 0 amide bonds. The Morgan fingerprint density at radius 2 is 2.04 bits per heavy atom. The number of nitrogens with zero attached hydrogens (tertiary/aromatic N) is 1. The van der Waals surface area contributed by atoms with E-state index in [9.17, 15) is 15.3 Å². The zero-order valence-corrected chi connectivity index (χ0v) is 14.6. The van der Waals surface area contributed by atoms with Crippen LogP contribution in [0.15, 0.2) is 42.5 Å². The second-order valence-electron chi connectivity index (χ2n) is 6.53. The quantitative estimate of drug-likeness (QED) is 0.564. The summed E-state index contributed by atoms with van der Waals surface area (Å²) in [4.78, 5) is 7.80. The van der Waals surface area contributed by atoms with Crippen molar-refractivity contribution >= 4 is 22.6 Å². The Kier molecular flexibility index (Phi) is 4.69. The normalized spacial score (nSPS) is 26.3. The van der Waals surface area contributed by atoms with Crippen molar-refractivity contribution in [3.8, 4) is 11.4 Å². The van der Waals surface area contributed by atoms with Crippen molar-refractivity contribution in [2.75, 3.05) is 6.61 Å². The fourth-order valence-corrected chi connectivity index (χ4v) is 3.50. The molecular weight excluding hydrogens is 356 g/mol. The zero-order valence-electron chi connectivity index (χ0n) is 13.8. The Morgan fingerprint density at radius 3 is 2.85 bits per heavy atom. The highest BCUT2D eigenvalue weighted by Crippen LogP contribution is 2.33. The van der Waals surface area contributed by atoms with Crippen LogP contribution in [0.1, 0.15) is 18.1 Å². The van der Waals surface area contributed by atoms with Crippen LogP contribution in [-0.2, 0) is 4.74 Å². The van der Waals surface area contributed by atoms with Gasteiger partial charge in [0.25, 0.3) is 0 Å². The molecule has 2 heterocycles. The predicted molar refractivity (Wildman–Crippen MR) is 97.9 cm³/mol. The van der Waals surface area contributed by atoms with E-state index < -0.39 is 24.4 Å². The molecule has 0 spiro atoms. The third-order valence-electron chi connectivity index (χ3n) is 4.68. The van der Waals surface area contributed by atoms with Crippen LogP contribution in [0.5, 0.6) is 0 Å². The van der Waals surface area contributed by atoms with Gasteiger partial charge in [0, 0.05) is 17.0 Å².